The molecule has 1 fully saturated rings. The van der Waals surface area contributed by atoms with Crippen molar-refractivity contribution in [2.75, 3.05) is 0 Å². The summed E-state index contributed by atoms with van der Waals surface area (Å²) in [6, 6.07) is 6.80. The zero-order valence-electron chi connectivity index (χ0n) is 11.5. The van der Waals surface area contributed by atoms with Crippen LogP contribution in [-0.2, 0) is 0 Å². The molecule has 0 bridgehead atoms. The number of hydrogen-bond donors (Lipinski definition) is 2. The molecule has 1 aromatic heterocycles. The number of rotatable bonds is 3. The lowest BCUT2D eigenvalue weighted by Crippen LogP contribution is -2.45. The zero-order valence-corrected chi connectivity index (χ0v) is 11.5. The van der Waals surface area contributed by atoms with Crippen LogP contribution in [0.2, 0.25) is 0 Å². The lowest BCUT2D eigenvalue weighted by Gasteiger charge is -2.28. The maximum atomic E-state index is 12.2. The van der Waals surface area contributed by atoms with E-state index in [-0.39, 0.29) is 11.9 Å². The summed E-state index contributed by atoms with van der Waals surface area (Å²) in [5.41, 5.74) is 1.32. The van der Waals surface area contributed by atoms with Gasteiger partial charge in [-0.05, 0) is 37.1 Å². The maximum absolute atomic E-state index is 12.2. The molecule has 1 heterocycles. The Balaban J connectivity index is 1.67. The fourth-order valence-electron chi connectivity index (χ4n) is 2.59. The number of hydrogen-bond acceptors (Lipinski definition) is 5. The van der Waals surface area contributed by atoms with Gasteiger partial charge in [0.2, 0.25) is 12.3 Å². The molecule has 6 heteroatoms. The van der Waals surface area contributed by atoms with E-state index in [0.29, 0.717) is 11.5 Å². The second-order valence-corrected chi connectivity index (χ2v) is 5.25. The average molecular weight is 287 g/mol. The second kappa shape index (κ2) is 6.05. The largest absolute Gasteiger partial charge is 0.423 e. The summed E-state index contributed by atoms with van der Waals surface area (Å²) in [7, 11) is 0. The van der Waals surface area contributed by atoms with E-state index >= 15 is 0 Å². The highest BCUT2D eigenvalue weighted by atomic mass is 16.4. The Morgan fingerprint density at radius 2 is 2.00 bits per heavy atom. The van der Waals surface area contributed by atoms with Crippen LogP contribution in [0.5, 0.6) is 0 Å². The molecule has 110 valence electrons. The van der Waals surface area contributed by atoms with Crippen LogP contribution in [0, 0.1) is 0 Å². The molecule has 1 saturated carbocycles. The Hall–Kier alpha value is -2.21. The number of carbonyl (C=O) groups is 1. The molecule has 0 spiro atoms. The Bertz CT molecular complexity index is 595. The molecular weight excluding hydrogens is 270 g/mol. The minimum Gasteiger partial charge on any atom is -0.423 e. The summed E-state index contributed by atoms with van der Waals surface area (Å²) < 4.78 is 5.10. The number of aliphatic hydroxyl groups excluding tert-OH is 1. The summed E-state index contributed by atoms with van der Waals surface area (Å²) in [6.07, 6.45) is 4.46. The van der Waals surface area contributed by atoms with E-state index in [1.54, 1.807) is 24.3 Å². The van der Waals surface area contributed by atoms with Crippen LogP contribution in [0.15, 0.2) is 35.1 Å². The Kier molecular flexibility index (Phi) is 3.96. The van der Waals surface area contributed by atoms with Crippen molar-refractivity contribution in [1.29, 1.82) is 0 Å². The van der Waals surface area contributed by atoms with E-state index in [4.69, 9.17) is 4.42 Å². The Morgan fingerprint density at radius 1 is 1.24 bits per heavy atom. The predicted molar refractivity (Wildman–Crippen MR) is 75.5 cm³/mol. The molecule has 3 rings (SSSR count). The van der Waals surface area contributed by atoms with Crippen molar-refractivity contribution in [3.8, 4) is 11.5 Å². The molecule has 0 aliphatic heterocycles. The van der Waals surface area contributed by atoms with Crippen molar-refractivity contribution in [3.63, 3.8) is 0 Å². The van der Waals surface area contributed by atoms with E-state index in [1.807, 2.05) is 0 Å². The van der Waals surface area contributed by atoms with Gasteiger partial charge in [0.15, 0.2) is 0 Å². The minimum atomic E-state index is -0.444. The summed E-state index contributed by atoms with van der Waals surface area (Å²) in [6.45, 7) is 0. The predicted octanol–water partition coefficient (Wildman–Crippen LogP) is 1.77. The number of amides is 1. The third kappa shape index (κ3) is 3.11. The molecule has 1 aliphatic rings. The van der Waals surface area contributed by atoms with Gasteiger partial charge in [-0.3, -0.25) is 4.79 Å². The molecule has 21 heavy (non-hydrogen) atoms. The lowest BCUT2D eigenvalue weighted by molar-refractivity contribution is 0.0717. The molecule has 0 unspecified atom stereocenters. The van der Waals surface area contributed by atoms with Crippen LogP contribution in [-0.4, -0.2) is 33.4 Å². The van der Waals surface area contributed by atoms with Crippen molar-refractivity contribution in [1.82, 2.24) is 15.5 Å². The average Bonchev–Trinajstić information content (AvgIpc) is 3.04. The first-order valence-electron chi connectivity index (χ1n) is 7.09. The molecule has 1 amide bonds. The van der Waals surface area contributed by atoms with E-state index in [9.17, 15) is 9.90 Å². The monoisotopic (exact) mass is 287 g/mol. The van der Waals surface area contributed by atoms with Gasteiger partial charge in [0.25, 0.3) is 5.91 Å². The van der Waals surface area contributed by atoms with Crippen LogP contribution >= 0.6 is 0 Å². The minimum absolute atomic E-state index is 0.151. The van der Waals surface area contributed by atoms with Crippen LogP contribution in [0.4, 0.5) is 0 Å². The maximum Gasteiger partial charge on any atom is 0.251 e. The number of carbonyl (C=O) groups excluding carboxylic acids is 1. The Labute approximate surface area is 122 Å². The number of aromatic nitrogens is 2. The fourth-order valence-corrected chi connectivity index (χ4v) is 2.59. The van der Waals surface area contributed by atoms with Crippen LogP contribution in [0.1, 0.15) is 36.0 Å². The zero-order chi connectivity index (χ0) is 14.7. The highest BCUT2D eigenvalue weighted by Crippen LogP contribution is 2.20. The van der Waals surface area contributed by atoms with E-state index in [1.165, 1.54) is 6.39 Å². The van der Waals surface area contributed by atoms with Gasteiger partial charge in [0.1, 0.15) is 0 Å². The quantitative estimate of drug-likeness (QED) is 0.898. The molecular formula is C15H17N3O3. The van der Waals surface area contributed by atoms with Gasteiger partial charge in [-0.15, -0.1) is 10.2 Å². The van der Waals surface area contributed by atoms with Crippen molar-refractivity contribution in [2.24, 2.45) is 0 Å². The van der Waals surface area contributed by atoms with Crippen LogP contribution in [0.3, 0.4) is 0 Å². The highest BCUT2D eigenvalue weighted by molar-refractivity contribution is 5.94. The number of aliphatic hydroxyl groups is 1. The molecule has 1 aliphatic carbocycles. The van der Waals surface area contributed by atoms with Crippen LogP contribution < -0.4 is 5.32 Å². The lowest BCUT2D eigenvalue weighted by atomic mass is 9.92. The molecule has 0 saturated heterocycles. The normalized spacial score (nSPS) is 22.0. The van der Waals surface area contributed by atoms with E-state index < -0.39 is 6.10 Å². The summed E-state index contributed by atoms with van der Waals surface area (Å²) in [4.78, 5) is 12.2. The third-order valence-electron chi connectivity index (χ3n) is 3.80. The topological polar surface area (TPSA) is 88.2 Å². The number of nitrogens with zero attached hydrogens (tertiary/aromatic N) is 2. The molecule has 0 radical (unpaired) electrons. The van der Waals surface area contributed by atoms with Gasteiger partial charge in [0.05, 0.1) is 12.1 Å². The molecule has 2 aromatic rings. The van der Waals surface area contributed by atoms with Gasteiger partial charge < -0.3 is 14.8 Å². The van der Waals surface area contributed by atoms with Crippen molar-refractivity contribution >= 4 is 5.91 Å². The molecule has 6 nitrogen and oxygen atoms in total. The van der Waals surface area contributed by atoms with Gasteiger partial charge >= 0.3 is 0 Å². The summed E-state index contributed by atoms with van der Waals surface area (Å²) in [5, 5.41) is 20.2. The standard InChI is InChI=1S/C15H17N3O3/c19-13-4-2-1-3-12(13)17-14(20)10-5-7-11(8-6-10)15-18-16-9-21-15/h5-9,12-13,19H,1-4H2,(H,17,20)/t12-,13-/m1/s1. The van der Waals surface area contributed by atoms with E-state index in [2.05, 4.69) is 15.5 Å². The van der Waals surface area contributed by atoms with Crippen molar-refractivity contribution < 1.29 is 14.3 Å². The van der Waals surface area contributed by atoms with Crippen LogP contribution in [0.25, 0.3) is 11.5 Å². The molecule has 2 atom stereocenters. The number of nitrogens with one attached hydrogen (secondary N) is 1. The van der Waals surface area contributed by atoms with Crippen molar-refractivity contribution in [2.45, 2.75) is 37.8 Å². The van der Waals surface area contributed by atoms with Gasteiger partial charge in [-0.25, -0.2) is 0 Å². The fraction of sp³-hybridized carbons (Fsp3) is 0.400. The Morgan fingerprint density at radius 3 is 2.67 bits per heavy atom. The SMILES string of the molecule is O=C(N[C@@H]1CCCC[C@H]1O)c1ccc(-c2nnco2)cc1. The van der Waals surface area contributed by atoms with Gasteiger partial charge in [-0.1, -0.05) is 12.8 Å². The van der Waals surface area contributed by atoms with Crippen molar-refractivity contribution in [3.05, 3.63) is 36.2 Å². The first-order valence-corrected chi connectivity index (χ1v) is 7.09. The molecule has 1 aromatic carbocycles. The smallest absolute Gasteiger partial charge is 0.251 e. The summed E-state index contributed by atoms with van der Waals surface area (Å²) in [5.74, 6) is 0.252. The number of benzene rings is 1. The third-order valence-corrected chi connectivity index (χ3v) is 3.80. The second-order valence-electron chi connectivity index (χ2n) is 5.25. The van der Waals surface area contributed by atoms with Gasteiger partial charge in [0, 0.05) is 11.1 Å². The highest BCUT2D eigenvalue weighted by Gasteiger charge is 2.24. The van der Waals surface area contributed by atoms with Gasteiger partial charge in [-0.2, -0.15) is 0 Å². The summed E-state index contributed by atoms with van der Waals surface area (Å²) >= 11 is 0. The van der Waals surface area contributed by atoms with E-state index in [0.717, 1.165) is 31.2 Å². The first kappa shape index (κ1) is 13.8. The molecule has 2 N–H and O–H groups in total. The first-order chi connectivity index (χ1) is 10.2.